The Morgan fingerprint density at radius 2 is 2.07 bits per heavy atom. The van der Waals surface area contributed by atoms with Gasteiger partial charge in [-0.1, -0.05) is 30.3 Å². The van der Waals surface area contributed by atoms with E-state index in [1.165, 1.54) is 7.11 Å². The molecule has 1 aliphatic heterocycles. The molecule has 4 rings (SSSR count). The van der Waals surface area contributed by atoms with E-state index in [9.17, 15) is 15.0 Å². The second-order valence-electron chi connectivity index (χ2n) is 7.37. The molecule has 4 atom stereocenters. The molecule has 1 spiro atoms. The summed E-state index contributed by atoms with van der Waals surface area (Å²) < 4.78 is 4.76. The molecule has 0 unspecified atom stereocenters. The van der Waals surface area contributed by atoms with Crippen LogP contribution >= 0.6 is 0 Å². The van der Waals surface area contributed by atoms with E-state index in [-0.39, 0.29) is 24.1 Å². The molecule has 2 fully saturated rings. The number of anilines is 1. The summed E-state index contributed by atoms with van der Waals surface area (Å²) in [7, 11) is 1.31. The van der Waals surface area contributed by atoms with Crippen LogP contribution in [0.2, 0.25) is 0 Å². The standard InChI is InChI=1S/C20H23N3O4/c1-12-8-15(18(26)27-2)22-19(21-12)23-9-16(25)20(11-23)14(10-24)17(20)13-6-4-3-5-7-13/h3-8,14,16-17,24-25H,9-11H2,1-2H3/t14-,16+,17-,20-/m1/s1. The minimum Gasteiger partial charge on any atom is -0.464 e. The van der Waals surface area contributed by atoms with Crippen LogP contribution in [0.5, 0.6) is 0 Å². The number of hydrogen-bond donors (Lipinski definition) is 2. The van der Waals surface area contributed by atoms with Crippen LogP contribution in [0.1, 0.15) is 27.7 Å². The minimum absolute atomic E-state index is 0.00946. The fraction of sp³-hybridized carbons (Fsp3) is 0.450. The zero-order chi connectivity index (χ0) is 19.2. The molecule has 0 bridgehead atoms. The normalized spacial score (nSPS) is 29.2. The number of esters is 1. The van der Waals surface area contributed by atoms with Gasteiger partial charge in [-0.2, -0.15) is 0 Å². The van der Waals surface area contributed by atoms with Crippen molar-refractivity contribution in [3.8, 4) is 0 Å². The lowest BCUT2D eigenvalue weighted by molar-refractivity contribution is 0.0593. The summed E-state index contributed by atoms with van der Waals surface area (Å²) in [5.74, 6) is -0.0295. The number of rotatable bonds is 4. The van der Waals surface area contributed by atoms with Crippen LogP contribution in [-0.4, -0.2) is 59.1 Å². The maximum Gasteiger partial charge on any atom is 0.356 e. The third-order valence-corrected chi connectivity index (χ3v) is 5.92. The Labute approximate surface area is 157 Å². The highest BCUT2D eigenvalue weighted by Crippen LogP contribution is 2.68. The average Bonchev–Trinajstić information content (AvgIpc) is 3.22. The molecule has 2 aliphatic rings. The van der Waals surface area contributed by atoms with Crippen LogP contribution in [0, 0.1) is 18.3 Å². The first-order valence-electron chi connectivity index (χ1n) is 9.04. The molecule has 27 heavy (non-hydrogen) atoms. The first-order valence-corrected chi connectivity index (χ1v) is 9.04. The van der Waals surface area contributed by atoms with Gasteiger partial charge in [0.25, 0.3) is 0 Å². The summed E-state index contributed by atoms with van der Waals surface area (Å²) in [6, 6.07) is 11.6. The molecule has 1 saturated heterocycles. The van der Waals surface area contributed by atoms with E-state index in [2.05, 4.69) is 9.97 Å². The summed E-state index contributed by atoms with van der Waals surface area (Å²) in [6.07, 6.45) is -0.606. The van der Waals surface area contributed by atoms with Gasteiger partial charge >= 0.3 is 5.97 Å². The topological polar surface area (TPSA) is 95.8 Å². The maximum atomic E-state index is 11.9. The minimum atomic E-state index is -0.606. The molecule has 2 heterocycles. The van der Waals surface area contributed by atoms with Crippen molar-refractivity contribution in [3.63, 3.8) is 0 Å². The average molecular weight is 369 g/mol. The lowest BCUT2D eigenvalue weighted by Gasteiger charge is -2.17. The van der Waals surface area contributed by atoms with Crippen molar-refractivity contribution in [3.05, 3.63) is 53.3 Å². The summed E-state index contributed by atoms with van der Waals surface area (Å²) >= 11 is 0. The van der Waals surface area contributed by atoms with E-state index in [0.717, 1.165) is 5.56 Å². The second kappa shape index (κ2) is 6.58. The molecule has 1 saturated carbocycles. The van der Waals surface area contributed by atoms with Gasteiger partial charge in [-0.15, -0.1) is 0 Å². The number of methoxy groups -OCH3 is 1. The highest BCUT2D eigenvalue weighted by Gasteiger charge is 2.71. The van der Waals surface area contributed by atoms with E-state index in [0.29, 0.717) is 24.7 Å². The molecular weight excluding hydrogens is 346 g/mol. The predicted octanol–water partition coefficient (Wildman–Crippen LogP) is 1.14. The maximum absolute atomic E-state index is 11.9. The zero-order valence-corrected chi connectivity index (χ0v) is 15.4. The molecule has 7 nitrogen and oxygen atoms in total. The fourth-order valence-electron chi connectivity index (χ4n) is 4.62. The Balaban J connectivity index is 1.64. The van der Waals surface area contributed by atoms with Crippen LogP contribution in [0.4, 0.5) is 5.95 Å². The summed E-state index contributed by atoms with van der Waals surface area (Å²) in [5.41, 5.74) is 1.56. The number of aromatic nitrogens is 2. The largest absolute Gasteiger partial charge is 0.464 e. The predicted molar refractivity (Wildman–Crippen MR) is 98.5 cm³/mol. The molecule has 1 aromatic carbocycles. The number of carbonyl (C=O) groups excluding carboxylic acids is 1. The van der Waals surface area contributed by atoms with Crippen LogP contribution in [0.25, 0.3) is 0 Å². The molecule has 1 aromatic heterocycles. The fourth-order valence-corrected chi connectivity index (χ4v) is 4.62. The van der Waals surface area contributed by atoms with Crippen LogP contribution < -0.4 is 4.90 Å². The van der Waals surface area contributed by atoms with Crippen molar-refractivity contribution >= 4 is 11.9 Å². The lowest BCUT2D eigenvalue weighted by Crippen LogP contribution is -2.24. The molecular formula is C20H23N3O4. The highest BCUT2D eigenvalue weighted by molar-refractivity contribution is 5.87. The summed E-state index contributed by atoms with van der Waals surface area (Å²) in [6.45, 7) is 2.71. The number of β-amino-alcohol motifs (C(OH)–C–C–N with tert-alkyl or cyclic N) is 1. The third-order valence-electron chi connectivity index (χ3n) is 5.92. The van der Waals surface area contributed by atoms with Gasteiger partial charge in [0.1, 0.15) is 0 Å². The van der Waals surface area contributed by atoms with Gasteiger partial charge < -0.3 is 19.8 Å². The Morgan fingerprint density at radius 3 is 2.74 bits per heavy atom. The molecule has 2 N–H and O–H groups in total. The molecule has 0 radical (unpaired) electrons. The smallest absolute Gasteiger partial charge is 0.356 e. The summed E-state index contributed by atoms with van der Waals surface area (Å²) in [5, 5.41) is 20.8. The van der Waals surface area contributed by atoms with Gasteiger partial charge in [0.15, 0.2) is 5.69 Å². The van der Waals surface area contributed by atoms with Crippen molar-refractivity contribution in [2.45, 2.75) is 18.9 Å². The van der Waals surface area contributed by atoms with Crippen LogP contribution in [0.15, 0.2) is 36.4 Å². The number of aryl methyl sites for hydroxylation is 1. The Bertz CT molecular complexity index is 860. The van der Waals surface area contributed by atoms with Gasteiger partial charge in [0, 0.05) is 30.8 Å². The molecule has 0 amide bonds. The highest BCUT2D eigenvalue weighted by atomic mass is 16.5. The first-order chi connectivity index (χ1) is 13.0. The lowest BCUT2D eigenvalue weighted by atomic mass is 9.95. The first kappa shape index (κ1) is 17.9. The third kappa shape index (κ3) is 2.78. The van der Waals surface area contributed by atoms with Gasteiger partial charge in [0.05, 0.1) is 13.2 Å². The van der Waals surface area contributed by atoms with E-state index in [1.54, 1.807) is 13.0 Å². The van der Waals surface area contributed by atoms with Gasteiger partial charge in [-0.05, 0) is 30.4 Å². The molecule has 2 aromatic rings. The van der Waals surface area contributed by atoms with E-state index >= 15 is 0 Å². The number of nitrogens with zero attached hydrogens (tertiary/aromatic N) is 3. The van der Waals surface area contributed by atoms with Gasteiger partial charge in [-0.3, -0.25) is 0 Å². The number of aliphatic hydroxyl groups is 2. The quantitative estimate of drug-likeness (QED) is 0.781. The molecule has 1 aliphatic carbocycles. The van der Waals surface area contributed by atoms with Crippen LogP contribution in [0.3, 0.4) is 0 Å². The van der Waals surface area contributed by atoms with E-state index in [4.69, 9.17) is 4.74 Å². The second-order valence-corrected chi connectivity index (χ2v) is 7.37. The number of hydrogen-bond acceptors (Lipinski definition) is 7. The number of benzene rings is 1. The van der Waals surface area contributed by atoms with Gasteiger partial charge in [-0.25, -0.2) is 14.8 Å². The summed E-state index contributed by atoms with van der Waals surface area (Å²) in [4.78, 5) is 22.5. The Kier molecular flexibility index (Phi) is 4.36. The number of ether oxygens (including phenoxy) is 1. The van der Waals surface area contributed by atoms with E-state index < -0.39 is 17.5 Å². The van der Waals surface area contributed by atoms with Gasteiger partial charge in [0.2, 0.25) is 5.95 Å². The molecule has 142 valence electrons. The SMILES string of the molecule is COC(=O)c1cc(C)nc(N2C[C@H](O)[C@@]3(C2)[C@H](CO)[C@H]3c2ccccc2)n1. The number of aliphatic hydroxyl groups excluding tert-OH is 2. The van der Waals surface area contributed by atoms with Crippen molar-refractivity contribution in [1.82, 2.24) is 9.97 Å². The monoisotopic (exact) mass is 369 g/mol. The zero-order valence-electron chi connectivity index (χ0n) is 15.4. The Morgan fingerprint density at radius 1 is 1.33 bits per heavy atom. The van der Waals surface area contributed by atoms with Crippen LogP contribution in [-0.2, 0) is 4.74 Å². The van der Waals surface area contributed by atoms with Crippen molar-refractivity contribution in [2.24, 2.45) is 11.3 Å². The van der Waals surface area contributed by atoms with Crippen molar-refractivity contribution in [2.75, 3.05) is 31.7 Å². The van der Waals surface area contributed by atoms with Crippen molar-refractivity contribution < 1.29 is 19.7 Å². The molecule has 7 heteroatoms. The number of carbonyl (C=O) groups is 1. The van der Waals surface area contributed by atoms with E-state index in [1.807, 2.05) is 35.2 Å². The van der Waals surface area contributed by atoms with Crippen molar-refractivity contribution in [1.29, 1.82) is 0 Å². The Hall–Kier alpha value is -2.51.